The van der Waals surface area contributed by atoms with E-state index in [0.29, 0.717) is 0 Å². The first-order valence-electron chi connectivity index (χ1n) is 8.67. The molecule has 0 amide bonds. The number of hydrogen-bond donors (Lipinski definition) is 2. The molecule has 0 aliphatic carbocycles. The molecule has 1 aromatic heterocycles. The fourth-order valence-corrected chi connectivity index (χ4v) is 4.59. The molecular formula is C19H24N2O2. The highest BCUT2D eigenvalue weighted by molar-refractivity contribution is 5.83. The van der Waals surface area contributed by atoms with Gasteiger partial charge in [-0.05, 0) is 61.1 Å². The minimum atomic E-state index is -0.525. The van der Waals surface area contributed by atoms with E-state index >= 15 is 0 Å². The van der Waals surface area contributed by atoms with E-state index in [1.807, 2.05) is 6.07 Å². The molecule has 5 atom stereocenters. The van der Waals surface area contributed by atoms with Crippen LogP contribution in [-0.4, -0.2) is 39.2 Å². The second-order valence-corrected chi connectivity index (χ2v) is 7.06. The third kappa shape index (κ3) is 2.50. The van der Waals surface area contributed by atoms with Crippen LogP contribution in [0.2, 0.25) is 0 Å². The summed E-state index contributed by atoms with van der Waals surface area (Å²) >= 11 is 0. The molecule has 3 unspecified atom stereocenters. The van der Waals surface area contributed by atoms with Gasteiger partial charge in [-0.25, -0.2) is 0 Å². The molecule has 5 rings (SSSR count). The summed E-state index contributed by atoms with van der Waals surface area (Å²) in [6, 6.07) is 7.24. The van der Waals surface area contributed by atoms with E-state index < -0.39 is 6.10 Å². The number of phenolic OH excluding ortho intramolecular Hbond substituents is 1. The Hall–Kier alpha value is -1.65. The molecule has 0 spiro atoms. The van der Waals surface area contributed by atoms with Crippen molar-refractivity contribution in [2.75, 3.05) is 13.1 Å². The number of piperidine rings is 3. The van der Waals surface area contributed by atoms with Crippen molar-refractivity contribution in [3.8, 4) is 5.75 Å². The molecule has 3 fully saturated rings. The van der Waals surface area contributed by atoms with Crippen LogP contribution in [0.1, 0.15) is 37.9 Å². The average Bonchev–Trinajstić information content (AvgIpc) is 2.60. The normalized spacial score (nSPS) is 31.4. The number of phenols is 1. The first-order chi connectivity index (χ1) is 11.2. The molecule has 4 heteroatoms. The molecule has 0 radical (unpaired) electrons. The fraction of sp³-hybridized carbons (Fsp3) is 0.526. The third-order valence-electron chi connectivity index (χ3n) is 5.90. The number of aliphatic hydroxyl groups excluding tert-OH is 1. The standard InChI is InChI=1S/C19H24N2O2/c1-2-12-11-21-8-6-13(12)9-18(21)19(23)15-5-7-20-17-4-3-14(22)10-16(15)17/h3-5,7,10,12-13,18-19,22-23H,2,6,8-9,11H2,1H3/t12?,13?,18-,19+/m1/s1. The Kier molecular flexibility index (Phi) is 3.74. The zero-order valence-electron chi connectivity index (χ0n) is 13.5. The van der Waals surface area contributed by atoms with Gasteiger partial charge in [-0.3, -0.25) is 9.88 Å². The zero-order chi connectivity index (χ0) is 16.0. The Balaban J connectivity index is 1.68. The van der Waals surface area contributed by atoms with Crippen LogP contribution in [0.4, 0.5) is 0 Å². The number of aromatic hydroxyl groups is 1. The van der Waals surface area contributed by atoms with Crippen LogP contribution in [0.15, 0.2) is 30.5 Å². The van der Waals surface area contributed by atoms with Crippen molar-refractivity contribution in [1.82, 2.24) is 9.88 Å². The second kappa shape index (κ2) is 5.77. The summed E-state index contributed by atoms with van der Waals surface area (Å²) in [5.74, 6) is 1.74. The number of pyridine rings is 1. The van der Waals surface area contributed by atoms with E-state index in [2.05, 4.69) is 16.8 Å². The van der Waals surface area contributed by atoms with Crippen LogP contribution < -0.4 is 0 Å². The molecule has 23 heavy (non-hydrogen) atoms. The van der Waals surface area contributed by atoms with Gasteiger partial charge in [-0.1, -0.05) is 13.3 Å². The Morgan fingerprint density at radius 2 is 2.22 bits per heavy atom. The summed E-state index contributed by atoms with van der Waals surface area (Å²) in [4.78, 5) is 6.81. The largest absolute Gasteiger partial charge is 0.508 e. The first kappa shape index (κ1) is 14.9. The Bertz CT molecular complexity index is 718. The van der Waals surface area contributed by atoms with Gasteiger partial charge < -0.3 is 10.2 Å². The molecule has 1 aromatic carbocycles. The monoisotopic (exact) mass is 312 g/mol. The minimum Gasteiger partial charge on any atom is -0.508 e. The fourth-order valence-electron chi connectivity index (χ4n) is 4.59. The minimum absolute atomic E-state index is 0.185. The van der Waals surface area contributed by atoms with Crippen LogP contribution in [-0.2, 0) is 0 Å². The molecule has 4 heterocycles. The van der Waals surface area contributed by atoms with Crippen molar-refractivity contribution in [2.45, 2.75) is 38.3 Å². The van der Waals surface area contributed by atoms with Crippen LogP contribution >= 0.6 is 0 Å². The number of rotatable bonds is 3. The quantitative estimate of drug-likeness (QED) is 0.914. The van der Waals surface area contributed by atoms with Crippen molar-refractivity contribution in [2.24, 2.45) is 11.8 Å². The van der Waals surface area contributed by atoms with E-state index in [0.717, 1.165) is 47.8 Å². The Morgan fingerprint density at radius 3 is 2.96 bits per heavy atom. The molecule has 2 N–H and O–H groups in total. The van der Waals surface area contributed by atoms with Crippen molar-refractivity contribution >= 4 is 10.9 Å². The van der Waals surface area contributed by atoms with E-state index in [4.69, 9.17) is 0 Å². The highest BCUT2D eigenvalue weighted by Gasteiger charge is 2.42. The molecule has 2 aromatic rings. The van der Waals surface area contributed by atoms with Gasteiger partial charge in [-0.15, -0.1) is 0 Å². The summed E-state index contributed by atoms with van der Waals surface area (Å²) < 4.78 is 0. The molecule has 2 bridgehead atoms. The number of benzene rings is 1. The van der Waals surface area contributed by atoms with Crippen LogP contribution in [0.3, 0.4) is 0 Å². The highest BCUT2D eigenvalue weighted by Crippen LogP contribution is 2.42. The first-order valence-corrected chi connectivity index (χ1v) is 8.67. The summed E-state index contributed by atoms with van der Waals surface area (Å²) in [6.45, 7) is 4.48. The molecule has 0 saturated carbocycles. The molecule has 4 nitrogen and oxygen atoms in total. The maximum Gasteiger partial charge on any atom is 0.116 e. The third-order valence-corrected chi connectivity index (χ3v) is 5.90. The molecule has 122 valence electrons. The number of aliphatic hydroxyl groups is 1. The number of aromatic nitrogens is 1. The topological polar surface area (TPSA) is 56.6 Å². The van der Waals surface area contributed by atoms with Gasteiger partial charge >= 0.3 is 0 Å². The number of hydrogen-bond acceptors (Lipinski definition) is 4. The number of fused-ring (bicyclic) bond motifs is 4. The van der Waals surface area contributed by atoms with Crippen molar-refractivity contribution < 1.29 is 10.2 Å². The van der Waals surface area contributed by atoms with Crippen molar-refractivity contribution in [1.29, 1.82) is 0 Å². The SMILES string of the molecule is CCC1CN2CCC1C[C@@H]2[C@@H](O)c1ccnc2ccc(O)cc12. The van der Waals surface area contributed by atoms with E-state index in [-0.39, 0.29) is 11.8 Å². The summed E-state index contributed by atoms with van der Waals surface area (Å²) in [5.41, 5.74) is 1.71. The van der Waals surface area contributed by atoms with Gasteiger partial charge in [0.05, 0.1) is 11.6 Å². The Morgan fingerprint density at radius 1 is 1.35 bits per heavy atom. The maximum absolute atomic E-state index is 11.1. The van der Waals surface area contributed by atoms with Crippen LogP contribution in [0, 0.1) is 11.8 Å². The van der Waals surface area contributed by atoms with E-state index in [9.17, 15) is 10.2 Å². The lowest BCUT2D eigenvalue weighted by Crippen LogP contribution is -2.55. The molecule has 3 aliphatic heterocycles. The predicted molar refractivity (Wildman–Crippen MR) is 90.2 cm³/mol. The summed E-state index contributed by atoms with van der Waals surface area (Å²) in [6.07, 6.45) is 4.80. The molecule has 3 saturated heterocycles. The maximum atomic E-state index is 11.1. The van der Waals surface area contributed by atoms with Gasteiger partial charge in [0.1, 0.15) is 5.75 Å². The second-order valence-electron chi connectivity index (χ2n) is 7.06. The number of nitrogens with zero attached hydrogens (tertiary/aromatic N) is 2. The lowest BCUT2D eigenvalue weighted by Gasteiger charge is -2.51. The predicted octanol–water partition coefficient (Wildman–Crippen LogP) is 3.09. The van der Waals surface area contributed by atoms with Crippen LogP contribution in [0.5, 0.6) is 5.75 Å². The molecular weight excluding hydrogens is 288 g/mol. The smallest absolute Gasteiger partial charge is 0.116 e. The average molecular weight is 312 g/mol. The van der Waals surface area contributed by atoms with Gasteiger partial charge in [-0.2, -0.15) is 0 Å². The van der Waals surface area contributed by atoms with Gasteiger partial charge in [0.15, 0.2) is 0 Å². The van der Waals surface area contributed by atoms with Gasteiger partial charge in [0.2, 0.25) is 0 Å². The Labute approximate surface area is 136 Å². The van der Waals surface area contributed by atoms with Crippen LogP contribution in [0.25, 0.3) is 10.9 Å². The van der Waals surface area contributed by atoms with E-state index in [1.54, 1.807) is 24.4 Å². The van der Waals surface area contributed by atoms with E-state index in [1.165, 1.54) is 12.8 Å². The summed E-state index contributed by atoms with van der Waals surface area (Å²) in [7, 11) is 0. The summed E-state index contributed by atoms with van der Waals surface area (Å²) in [5, 5.41) is 21.7. The zero-order valence-corrected chi connectivity index (χ0v) is 13.5. The lowest BCUT2D eigenvalue weighted by atomic mass is 9.72. The lowest BCUT2D eigenvalue weighted by molar-refractivity contribution is -0.0562. The van der Waals surface area contributed by atoms with Crippen molar-refractivity contribution in [3.05, 3.63) is 36.0 Å². The van der Waals surface area contributed by atoms with Gasteiger partial charge in [0, 0.05) is 24.2 Å². The van der Waals surface area contributed by atoms with Gasteiger partial charge in [0.25, 0.3) is 0 Å². The molecule has 3 aliphatic rings. The highest BCUT2D eigenvalue weighted by atomic mass is 16.3. The van der Waals surface area contributed by atoms with Crippen molar-refractivity contribution in [3.63, 3.8) is 0 Å².